The quantitative estimate of drug-likeness (QED) is 0.584. The zero-order chi connectivity index (χ0) is 13.3. The van der Waals surface area contributed by atoms with Gasteiger partial charge in [-0.2, -0.15) is 0 Å². The first-order chi connectivity index (χ1) is 8.58. The van der Waals surface area contributed by atoms with E-state index >= 15 is 0 Å². The Morgan fingerprint density at radius 3 is 2.06 bits per heavy atom. The molecule has 0 aromatic heterocycles. The van der Waals surface area contributed by atoms with Crippen molar-refractivity contribution >= 4 is 0 Å². The highest BCUT2D eigenvalue weighted by molar-refractivity contribution is 4.91. The van der Waals surface area contributed by atoms with Gasteiger partial charge in [-0.15, -0.1) is 0 Å². The molecule has 18 heavy (non-hydrogen) atoms. The molecule has 0 amide bonds. The lowest BCUT2D eigenvalue weighted by atomic mass is 9.57. The highest BCUT2D eigenvalue weighted by Gasteiger charge is 2.41. The molecule has 7 unspecified atom stereocenters. The fraction of sp³-hybridized carbons (Fsp3) is 1.00. The average molecular weight is 250 g/mol. The minimum absolute atomic E-state index is 0.959. The maximum atomic E-state index is 2.57. The molecule has 0 aliphatic heterocycles. The fourth-order valence-electron chi connectivity index (χ4n) is 5.21. The van der Waals surface area contributed by atoms with E-state index < -0.39 is 0 Å². The third-order valence-corrected chi connectivity index (χ3v) is 6.86. The van der Waals surface area contributed by atoms with Crippen LogP contribution in [0.1, 0.15) is 73.1 Å². The van der Waals surface area contributed by atoms with E-state index in [1.54, 1.807) is 0 Å². The van der Waals surface area contributed by atoms with Gasteiger partial charge in [-0.1, -0.05) is 47.5 Å². The molecule has 7 atom stereocenters. The Kier molecular flexibility index (Phi) is 4.78. The Morgan fingerprint density at radius 1 is 0.778 bits per heavy atom. The molecule has 2 aliphatic rings. The smallest absolute Gasteiger partial charge is 0.0355 e. The van der Waals surface area contributed by atoms with Crippen LogP contribution in [0.15, 0.2) is 0 Å². The van der Waals surface area contributed by atoms with Gasteiger partial charge in [-0.25, -0.2) is 0 Å². The molecule has 0 nitrogen and oxygen atoms in total. The molecule has 2 aliphatic carbocycles. The van der Waals surface area contributed by atoms with Crippen molar-refractivity contribution in [2.24, 2.45) is 41.4 Å². The van der Waals surface area contributed by atoms with E-state index in [-0.39, 0.29) is 0 Å². The van der Waals surface area contributed by atoms with Crippen molar-refractivity contribution in [2.45, 2.75) is 73.1 Å². The van der Waals surface area contributed by atoms with E-state index in [0.29, 0.717) is 0 Å². The molecule has 0 aromatic carbocycles. The summed E-state index contributed by atoms with van der Waals surface area (Å²) in [5, 5.41) is 0. The van der Waals surface area contributed by atoms with Gasteiger partial charge >= 0.3 is 0 Å². The van der Waals surface area contributed by atoms with E-state index in [1.165, 1.54) is 38.5 Å². The minimum Gasteiger partial charge on any atom is -0.0651 e. The number of rotatable bonds is 2. The Morgan fingerprint density at radius 2 is 1.44 bits per heavy atom. The van der Waals surface area contributed by atoms with Crippen molar-refractivity contribution in [1.82, 2.24) is 0 Å². The van der Waals surface area contributed by atoms with Gasteiger partial charge in [-0.05, 0) is 67.1 Å². The Bertz CT molecular complexity index is 257. The summed E-state index contributed by atoms with van der Waals surface area (Å²) in [4.78, 5) is 0. The second kappa shape index (κ2) is 5.97. The van der Waals surface area contributed by atoms with Crippen LogP contribution in [0.3, 0.4) is 0 Å². The lowest BCUT2D eigenvalue weighted by Crippen LogP contribution is -2.40. The largest absolute Gasteiger partial charge is 0.0651 e. The van der Waals surface area contributed by atoms with Gasteiger partial charge in [-0.3, -0.25) is 0 Å². The van der Waals surface area contributed by atoms with Gasteiger partial charge in [0.15, 0.2) is 0 Å². The highest BCUT2D eigenvalue weighted by Crippen LogP contribution is 2.50. The Labute approximate surface area is 115 Å². The summed E-state index contributed by atoms with van der Waals surface area (Å²) >= 11 is 0. The van der Waals surface area contributed by atoms with Crippen molar-refractivity contribution in [2.75, 3.05) is 0 Å². The molecule has 0 saturated heterocycles. The zero-order valence-corrected chi connectivity index (χ0v) is 13.3. The number of fused-ring (bicyclic) bond motifs is 2. The average Bonchev–Trinajstić information content (AvgIpc) is 2.36. The van der Waals surface area contributed by atoms with Crippen LogP contribution >= 0.6 is 0 Å². The molecule has 106 valence electrons. The van der Waals surface area contributed by atoms with Gasteiger partial charge in [0, 0.05) is 0 Å². The Hall–Kier alpha value is 0. The van der Waals surface area contributed by atoms with Crippen LogP contribution in [-0.2, 0) is 0 Å². The maximum absolute atomic E-state index is 2.57. The summed E-state index contributed by atoms with van der Waals surface area (Å²) in [6.45, 7) is 12.5. The van der Waals surface area contributed by atoms with Crippen molar-refractivity contribution in [3.63, 3.8) is 0 Å². The summed E-state index contributed by atoms with van der Waals surface area (Å²) in [5.74, 6) is 6.99. The first-order valence-electron chi connectivity index (χ1n) is 8.58. The molecule has 0 radical (unpaired) electrons. The number of hydrogen-bond donors (Lipinski definition) is 0. The normalized spacial score (nSPS) is 49.5. The van der Waals surface area contributed by atoms with E-state index in [1.807, 2.05) is 0 Å². The van der Waals surface area contributed by atoms with Crippen molar-refractivity contribution < 1.29 is 0 Å². The van der Waals surface area contributed by atoms with Crippen molar-refractivity contribution in [1.29, 1.82) is 0 Å². The lowest BCUT2D eigenvalue weighted by molar-refractivity contribution is 0.0127. The summed E-state index contributed by atoms with van der Waals surface area (Å²) < 4.78 is 0. The summed E-state index contributed by atoms with van der Waals surface area (Å²) in [6, 6.07) is 0. The molecule has 2 saturated carbocycles. The maximum Gasteiger partial charge on any atom is -0.0355 e. The topological polar surface area (TPSA) is 0 Å². The van der Waals surface area contributed by atoms with Gasteiger partial charge in [0.2, 0.25) is 0 Å². The lowest BCUT2D eigenvalue weighted by Gasteiger charge is -2.48. The summed E-state index contributed by atoms with van der Waals surface area (Å²) in [7, 11) is 0. The number of hydrogen-bond acceptors (Lipinski definition) is 0. The monoisotopic (exact) mass is 250 g/mol. The molecular weight excluding hydrogens is 216 g/mol. The SMILES string of the molecule is CCC1CCC2CC(C)C(C)C(CC1CC)C2C. The summed E-state index contributed by atoms with van der Waals surface area (Å²) in [5.41, 5.74) is 0. The molecule has 0 spiro atoms. The van der Waals surface area contributed by atoms with Crippen LogP contribution < -0.4 is 0 Å². The predicted octanol–water partition coefficient (Wildman–Crippen LogP) is 5.77. The fourth-order valence-corrected chi connectivity index (χ4v) is 5.21. The van der Waals surface area contributed by atoms with Crippen molar-refractivity contribution in [3.8, 4) is 0 Å². The van der Waals surface area contributed by atoms with E-state index in [2.05, 4.69) is 34.6 Å². The second-order valence-electron chi connectivity index (χ2n) is 7.50. The first kappa shape index (κ1) is 14.4. The van der Waals surface area contributed by atoms with Crippen LogP contribution in [0.25, 0.3) is 0 Å². The second-order valence-corrected chi connectivity index (χ2v) is 7.50. The van der Waals surface area contributed by atoms with Crippen LogP contribution in [0.5, 0.6) is 0 Å². The van der Waals surface area contributed by atoms with Crippen LogP contribution in [0, 0.1) is 41.4 Å². The zero-order valence-electron chi connectivity index (χ0n) is 13.3. The van der Waals surface area contributed by atoms with Gasteiger partial charge in [0.25, 0.3) is 0 Å². The van der Waals surface area contributed by atoms with Crippen LogP contribution in [0.2, 0.25) is 0 Å². The van der Waals surface area contributed by atoms with Crippen LogP contribution in [-0.4, -0.2) is 0 Å². The van der Waals surface area contributed by atoms with Crippen molar-refractivity contribution in [3.05, 3.63) is 0 Å². The standard InChI is InChI=1S/C18H34/c1-6-15-8-9-17-10-12(3)13(4)18(14(17)5)11-16(15)7-2/h12-18H,6-11H2,1-5H3. The summed E-state index contributed by atoms with van der Waals surface area (Å²) in [6.07, 6.45) is 8.88. The van der Waals surface area contributed by atoms with Crippen LogP contribution in [0.4, 0.5) is 0 Å². The first-order valence-corrected chi connectivity index (χ1v) is 8.58. The van der Waals surface area contributed by atoms with E-state index in [9.17, 15) is 0 Å². The molecular formula is C18H34. The molecule has 2 bridgehead atoms. The van der Waals surface area contributed by atoms with Gasteiger partial charge in [0.1, 0.15) is 0 Å². The molecule has 0 heteroatoms. The highest BCUT2D eigenvalue weighted by atomic mass is 14.5. The predicted molar refractivity (Wildman–Crippen MR) is 80.5 cm³/mol. The molecule has 0 N–H and O–H groups in total. The molecule has 2 rings (SSSR count). The molecule has 0 aromatic rings. The van der Waals surface area contributed by atoms with E-state index in [4.69, 9.17) is 0 Å². The molecule has 0 heterocycles. The van der Waals surface area contributed by atoms with E-state index in [0.717, 1.165) is 41.4 Å². The third-order valence-electron chi connectivity index (χ3n) is 6.86. The third kappa shape index (κ3) is 2.63. The minimum atomic E-state index is 0.959. The van der Waals surface area contributed by atoms with Gasteiger partial charge < -0.3 is 0 Å². The molecule has 2 fully saturated rings. The Balaban J connectivity index is 2.18. The van der Waals surface area contributed by atoms with Gasteiger partial charge in [0.05, 0.1) is 0 Å².